The lowest BCUT2D eigenvalue weighted by Crippen LogP contribution is -2.51. The maximum absolute atomic E-state index is 14.1. The Bertz CT molecular complexity index is 957. The summed E-state index contributed by atoms with van der Waals surface area (Å²) in [5, 5.41) is 16.5. The fourth-order valence-electron chi connectivity index (χ4n) is 4.39. The van der Waals surface area contributed by atoms with Crippen molar-refractivity contribution in [2.24, 2.45) is 5.92 Å². The van der Waals surface area contributed by atoms with Crippen LogP contribution >= 0.6 is 0 Å². The van der Waals surface area contributed by atoms with Crippen LogP contribution in [-0.4, -0.2) is 82.8 Å². The molecule has 1 aromatic carbocycles. The quantitative estimate of drug-likeness (QED) is 0.549. The zero-order valence-corrected chi connectivity index (χ0v) is 18.9. The minimum absolute atomic E-state index is 0.0343. The lowest BCUT2D eigenvalue weighted by Gasteiger charge is -2.37. The number of H-pyrrole nitrogens is 1. The van der Waals surface area contributed by atoms with Gasteiger partial charge in [0.05, 0.1) is 7.11 Å². The molecule has 1 saturated carbocycles. The molecule has 184 valence electrons. The first-order valence-electron chi connectivity index (χ1n) is 11.1. The minimum Gasteiger partial charge on any atom is -0.496 e. The number of aromatic nitrogens is 3. The summed E-state index contributed by atoms with van der Waals surface area (Å²) in [4.78, 5) is 42.0. The Kier molecular flexibility index (Phi) is 8.77. The molecular formula is C22H29FN6O5. The van der Waals surface area contributed by atoms with Crippen molar-refractivity contribution < 1.29 is 28.6 Å². The van der Waals surface area contributed by atoms with Crippen molar-refractivity contribution >= 4 is 24.2 Å². The summed E-state index contributed by atoms with van der Waals surface area (Å²) >= 11 is 0. The van der Waals surface area contributed by atoms with Crippen LogP contribution in [0.25, 0.3) is 0 Å². The molecule has 1 aliphatic heterocycles. The number of amides is 2. The van der Waals surface area contributed by atoms with Crippen LogP contribution in [0.4, 0.5) is 10.3 Å². The van der Waals surface area contributed by atoms with Crippen molar-refractivity contribution in [1.29, 1.82) is 0 Å². The minimum atomic E-state index is -0.606. The number of ether oxygens (including phenoxy) is 1. The molecule has 1 aromatic heterocycles. The van der Waals surface area contributed by atoms with Crippen LogP contribution in [0.1, 0.15) is 36.0 Å². The average molecular weight is 477 g/mol. The summed E-state index contributed by atoms with van der Waals surface area (Å²) < 4.78 is 19.2. The van der Waals surface area contributed by atoms with E-state index in [1.807, 2.05) is 4.90 Å². The van der Waals surface area contributed by atoms with Gasteiger partial charge in [-0.3, -0.25) is 14.4 Å². The summed E-state index contributed by atoms with van der Waals surface area (Å²) in [5.41, 5.74) is -0.0761. The highest BCUT2D eigenvalue weighted by atomic mass is 19.1. The number of piperazine rings is 1. The lowest BCUT2D eigenvalue weighted by atomic mass is 9.85. The van der Waals surface area contributed by atoms with Crippen LogP contribution in [0.3, 0.4) is 0 Å². The van der Waals surface area contributed by atoms with E-state index in [0.29, 0.717) is 38.8 Å². The van der Waals surface area contributed by atoms with Gasteiger partial charge < -0.3 is 25.0 Å². The van der Waals surface area contributed by atoms with Gasteiger partial charge in [-0.15, -0.1) is 0 Å². The Balaban J connectivity index is 0.00000103. The second kappa shape index (κ2) is 12.0. The van der Waals surface area contributed by atoms with E-state index in [9.17, 15) is 14.0 Å². The number of carboxylic acid groups (broad SMARTS) is 1. The number of carbonyl (C=O) groups excluding carboxylic acids is 2. The largest absolute Gasteiger partial charge is 0.496 e. The second-order valence-electron chi connectivity index (χ2n) is 8.07. The van der Waals surface area contributed by atoms with Gasteiger partial charge in [-0.05, 0) is 37.8 Å². The Morgan fingerprint density at radius 3 is 2.47 bits per heavy atom. The van der Waals surface area contributed by atoms with Gasteiger partial charge in [-0.1, -0.05) is 6.07 Å². The fourth-order valence-corrected chi connectivity index (χ4v) is 4.39. The van der Waals surface area contributed by atoms with Gasteiger partial charge in [0, 0.05) is 38.1 Å². The molecular weight excluding hydrogens is 447 g/mol. The first-order chi connectivity index (χ1) is 16.5. The Morgan fingerprint density at radius 2 is 1.88 bits per heavy atom. The van der Waals surface area contributed by atoms with Crippen molar-refractivity contribution in [2.75, 3.05) is 38.2 Å². The molecule has 1 aliphatic carbocycles. The second-order valence-corrected chi connectivity index (χ2v) is 8.07. The van der Waals surface area contributed by atoms with Gasteiger partial charge in [0.15, 0.2) is 0 Å². The molecule has 34 heavy (non-hydrogen) atoms. The van der Waals surface area contributed by atoms with Crippen molar-refractivity contribution in [3.05, 3.63) is 35.9 Å². The third kappa shape index (κ3) is 6.00. The monoisotopic (exact) mass is 476 g/mol. The van der Waals surface area contributed by atoms with Crippen molar-refractivity contribution in [1.82, 2.24) is 25.4 Å². The highest BCUT2D eigenvalue weighted by Gasteiger charge is 2.32. The lowest BCUT2D eigenvalue weighted by molar-refractivity contribution is -0.137. The van der Waals surface area contributed by atoms with Crippen LogP contribution in [0.2, 0.25) is 0 Å². The van der Waals surface area contributed by atoms with E-state index >= 15 is 0 Å². The molecule has 4 rings (SSSR count). The summed E-state index contributed by atoms with van der Waals surface area (Å²) in [6, 6.07) is 4.24. The smallest absolute Gasteiger partial charge is 0.290 e. The van der Waals surface area contributed by atoms with E-state index in [1.54, 1.807) is 6.07 Å². The molecule has 0 atom stereocenters. The predicted octanol–water partition coefficient (Wildman–Crippen LogP) is 1.29. The van der Waals surface area contributed by atoms with Crippen LogP contribution in [0.5, 0.6) is 5.75 Å². The third-order valence-corrected chi connectivity index (χ3v) is 6.13. The molecule has 11 nitrogen and oxygen atoms in total. The van der Waals surface area contributed by atoms with E-state index in [0.717, 1.165) is 19.0 Å². The Hall–Kier alpha value is -3.70. The van der Waals surface area contributed by atoms with E-state index < -0.39 is 11.7 Å². The molecule has 2 heterocycles. The van der Waals surface area contributed by atoms with Gasteiger partial charge in [0.25, 0.3) is 12.4 Å². The molecule has 2 aliphatic rings. The van der Waals surface area contributed by atoms with Crippen molar-refractivity contribution in [3.8, 4) is 5.75 Å². The molecule has 3 N–H and O–H groups in total. The molecule has 2 fully saturated rings. The number of nitrogens with one attached hydrogen (secondary N) is 2. The average Bonchev–Trinajstić information content (AvgIpc) is 3.39. The predicted molar refractivity (Wildman–Crippen MR) is 120 cm³/mol. The van der Waals surface area contributed by atoms with Gasteiger partial charge in [0.1, 0.15) is 23.5 Å². The van der Waals surface area contributed by atoms with Gasteiger partial charge in [0.2, 0.25) is 11.9 Å². The molecule has 0 spiro atoms. The molecule has 0 bridgehead atoms. The van der Waals surface area contributed by atoms with Crippen LogP contribution in [-0.2, 0) is 9.59 Å². The van der Waals surface area contributed by atoms with Crippen LogP contribution in [0.15, 0.2) is 24.5 Å². The number of hydrogen-bond acceptors (Lipinski definition) is 7. The molecule has 0 unspecified atom stereocenters. The van der Waals surface area contributed by atoms with Crippen molar-refractivity contribution in [3.63, 3.8) is 0 Å². The van der Waals surface area contributed by atoms with Crippen LogP contribution < -0.4 is 15.0 Å². The Labute approximate surface area is 196 Å². The van der Waals surface area contributed by atoms with Gasteiger partial charge in [-0.2, -0.15) is 10.1 Å². The standard InChI is InChI=1S/C21H27FN6O3.CH2O2/c1-31-17-4-2-3-16(22)18(17)19(29)25-15-7-5-14(6-8-15)20(30)27-9-11-28(12-10-27)21-23-13-24-26-21;2-1-3/h2-4,13-15H,5-12H2,1H3,(H,25,29)(H,23,24,26);1H,(H,2,3). The van der Waals surface area contributed by atoms with Gasteiger partial charge in [-0.25, -0.2) is 9.49 Å². The first-order valence-corrected chi connectivity index (χ1v) is 11.1. The topological polar surface area (TPSA) is 141 Å². The third-order valence-electron chi connectivity index (χ3n) is 6.13. The van der Waals surface area contributed by atoms with E-state index in [-0.39, 0.29) is 35.7 Å². The number of hydrogen-bond donors (Lipinski definition) is 3. The number of rotatable bonds is 5. The number of anilines is 1. The SMILES string of the molecule is COc1cccc(F)c1C(=O)NC1CCC(C(=O)N2CCN(c3ncn[nH]3)CC2)CC1.O=CO. The highest BCUT2D eigenvalue weighted by molar-refractivity contribution is 5.97. The summed E-state index contributed by atoms with van der Waals surface area (Å²) in [6.45, 7) is 2.50. The van der Waals surface area contributed by atoms with Crippen molar-refractivity contribution in [2.45, 2.75) is 31.7 Å². The fraction of sp³-hybridized carbons (Fsp3) is 0.500. The zero-order chi connectivity index (χ0) is 24.5. The maximum atomic E-state index is 14.1. The summed E-state index contributed by atoms with van der Waals surface area (Å²) in [7, 11) is 1.41. The molecule has 12 heteroatoms. The molecule has 0 radical (unpaired) electrons. The maximum Gasteiger partial charge on any atom is 0.290 e. The molecule has 2 aromatic rings. The summed E-state index contributed by atoms with van der Waals surface area (Å²) in [6.07, 6.45) is 4.28. The normalized spacial score (nSPS) is 20.1. The molecule has 2 amide bonds. The zero-order valence-electron chi connectivity index (χ0n) is 18.9. The van der Waals surface area contributed by atoms with E-state index in [2.05, 4.69) is 25.4 Å². The van der Waals surface area contributed by atoms with E-state index in [1.165, 1.54) is 25.6 Å². The Morgan fingerprint density at radius 1 is 1.21 bits per heavy atom. The first kappa shape index (κ1) is 24.9. The number of nitrogens with zero attached hydrogens (tertiary/aromatic N) is 4. The number of halogens is 1. The van der Waals surface area contributed by atoms with E-state index in [4.69, 9.17) is 14.6 Å². The van der Waals surface area contributed by atoms with Crippen LogP contribution in [0, 0.1) is 11.7 Å². The number of aromatic amines is 1. The summed E-state index contributed by atoms with van der Waals surface area (Å²) in [5.74, 6) is 0.00451. The number of carbonyl (C=O) groups is 3. The highest BCUT2D eigenvalue weighted by Crippen LogP contribution is 2.28. The molecule has 1 saturated heterocycles. The number of benzene rings is 1. The van der Waals surface area contributed by atoms with Gasteiger partial charge >= 0.3 is 0 Å². The number of methoxy groups -OCH3 is 1.